The molecule has 2 heteroatoms. The van der Waals surface area contributed by atoms with E-state index in [0.29, 0.717) is 0 Å². The van der Waals surface area contributed by atoms with Crippen LogP contribution in [-0.2, 0) is 0 Å². The Labute approximate surface area is 268 Å². The van der Waals surface area contributed by atoms with E-state index in [-0.39, 0.29) is 0 Å². The van der Waals surface area contributed by atoms with E-state index in [9.17, 15) is 0 Å². The SMILES string of the molecule is c1ccc(-n2c3ccccc3c3ccc(-c4cccc(N(c5cccc6ccccc56)c5cccc6ccccc56)c4)cc32)cc1. The minimum Gasteiger partial charge on any atom is -0.309 e. The smallest absolute Gasteiger partial charge is 0.0547 e. The highest BCUT2D eigenvalue weighted by Crippen LogP contribution is 2.43. The molecule has 0 radical (unpaired) electrons. The number of nitrogens with zero attached hydrogens (tertiary/aromatic N) is 2. The van der Waals surface area contributed by atoms with Gasteiger partial charge in [0.2, 0.25) is 0 Å². The Morgan fingerprint density at radius 2 is 0.891 bits per heavy atom. The minimum atomic E-state index is 1.12. The van der Waals surface area contributed by atoms with Crippen LogP contribution in [0.3, 0.4) is 0 Å². The predicted octanol–water partition coefficient (Wildman–Crippen LogP) is 12.2. The van der Waals surface area contributed by atoms with Crippen LogP contribution >= 0.6 is 0 Å². The van der Waals surface area contributed by atoms with Crippen LogP contribution < -0.4 is 4.90 Å². The molecular formula is C44H30N2. The van der Waals surface area contributed by atoms with Gasteiger partial charge in [0.15, 0.2) is 0 Å². The average molecular weight is 587 g/mol. The van der Waals surface area contributed by atoms with Gasteiger partial charge in [-0.25, -0.2) is 0 Å². The van der Waals surface area contributed by atoms with Gasteiger partial charge in [-0.2, -0.15) is 0 Å². The Bertz CT molecular complexity index is 2450. The predicted molar refractivity (Wildman–Crippen MR) is 196 cm³/mol. The molecule has 9 rings (SSSR count). The molecule has 0 saturated heterocycles. The van der Waals surface area contributed by atoms with Crippen molar-refractivity contribution in [1.29, 1.82) is 0 Å². The number of hydrogen-bond acceptors (Lipinski definition) is 1. The molecule has 0 unspecified atom stereocenters. The summed E-state index contributed by atoms with van der Waals surface area (Å²) in [6.07, 6.45) is 0. The minimum absolute atomic E-state index is 1.12. The first kappa shape index (κ1) is 26.3. The van der Waals surface area contributed by atoms with Crippen LogP contribution in [0.2, 0.25) is 0 Å². The fourth-order valence-electron chi connectivity index (χ4n) is 7.04. The summed E-state index contributed by atoms with van der Waals surface area (Å²) in [6.45, 7) is 0. The van der Waals surface area contributed by atoms with Gasteiger partial charge in [-0.15, -0.1) is 0 Å². The van der Waals surface area contributed by atoms with Crippen LogP contribution in [-0.4, -0.2) is 4.57 Å². The average Bonchev–Trinajstić information content (AvgIpc) is 3.46. The highest BCUT2D eigenvalue weighted by atomic mass is 15.1. The van der Waals surface area contributed by atoms with E-state index in [0.717, 1.165) is 22.7 Å². The summed E-state index contributed by atoms with van der Waals surface area (Å²) in [6, 6.07) is 65.7. The lowest BCUT2D eigenvalue weighted by atomic mass is 10.0. The first-order valence-corrected chi connectivity index (χ1v) is 15.8. The van der Waals surface area contributed by atoms with Gasteiger partial charge in [-0.3, -0.25) is 0 Å². The maximum Gasteiger partial charge on any atom is 0.0547 e. The maximum absolute atomic E-state index is 2.42. The van der Waals surface area contributed by atoms with Crippen molar-refractivity contribution in [1.82, 2.24) is 4.57 Å². The van der Waals surface area contributed by atoms with Gasteiger partial charge in [-0.1, -0.05) is 133 Å². The van der Waals surface area contributed by atoms with Gasteiger partial charge in [0.25, 0.3) is 0 Å². The van der Waals surface area contributed by atoms with Crippen molar-refractivity contribution in [2.75, 3.05) is 4.90 Å². The number of para-hydroxylation sites is 2. The van der Waals surface area contributed by atoms with E-state index in [4.69, 9.17) is 0 Å². The summed E-state index contributed by atoms with van der Waals surface area (Å²) in [4.78, 5) is 2.42. The largest absolute Gasteiger partial charge is 0.309 e. The zero-order valence-corrected chi connectivity index (χ0v) is 25.2. The highest BCUT2D eigenvalue weighted by Gasteiger charge is 2.19. The van der Waals surface area contributed by atoms with Crippen molar-refractivity contribution in [3.05, 3.63) is 182 Å². The van der Waals surface area contributed by atoms with Crippen molar-refractivity contribution in [3.63, 3.8) is 0 Å². The van der Waals surface area contributed by atoms with Crippen LogP contribution in [0.1, 0.15) is 0 Å². The number of rotatable bonds is 5. The Balaban J connectivity index is 1.27. The second kappa shape index (κ2) is 10.8. The topological polar surface area (TPSA) is 8.17 Å². The molecule has 0 N–H and O–H groups in total. The van der Waals surface area contributed by atoms with Crippen LogP contribution in [0.5, 0.6) is 0 Å². The van der Waals surface area contributed by atoms with Crippen molar-refractivity contribution < 1.29 is 0 Å². The quantitative estimate of drug-likeness (QED) is 0.195. The van der Waals surface area contributed by atoms with Crippen molar-refractivity contribution in [3.8, 4) is 16.8 Å². The van der Waals surface area contributed by atoms with Crippen LogP contribution in [0, 0.1) is 0 Å². The Hall–Kier alpha value is -6.12. The normalized spacial score (nSPS) is 11.5. The van der Waals surface area contributed by atoms with Crippen molar-refractivity contribution in [2.45, 2.75) is 0 Å². The van der Waals surface area contributed by atoms with Crippen LogP contribution in [0.15, 0.2) is 182 Å². The molecule has 0 atom stereocenters. The second-order valence-electron chi connectivity index (χ2n) is 11.8. The number of fused-ring (bicyclic) bond motifs is 5. The molecule has 0 aliphatic heterocycles. The summed E-state index contributed by atoms with van der Waals surface area (Å²) >= 11 is 0. The van der Waals surface area contributed by atoms with E-state index in [1.165, 1.54) is 54.5 Å². The molecule has 216 valence electrons. The molecule has 0 amide bonds. The molecule has 46 heavy (non-hydrogen) atoms. The van der Waals surface area contributed by atoms with Gasteiger partial charge in [-0.05, 0) is 70.4 Å². The zero-order chi connectivity index (χ0) is 30.5. The van der Waals surface area contributed by atoms with Crippen molar-refractivity contribution in [2.24, 2.45) is 0 Å². The van der Waals surface area contributed by atoms with Crippen LogP contribution in [0.4, 0.5) is 17.1 Å². The number of hydrogen-bond donors (Lipinski definition) is 0. The lowest BCUT2D eigenvalue weighted by Gasteiger charge is -2.28. The summed E-state index contributed by atoms with van der Waals surface area (Å²) in [7, 11) is 0. The third-order valence-electron chi connectivity index (χ3n) is 9.14. The molecule has 0 spiro atoms. The van der Waals surface area contributed by atoms with E-state index in [2.05, 4.69) is 191 Å². The van der Waals surface area contributed by atoms with Crippen molar-refractivity contribution >= 4 is 60.4 Å². The van der Waals surface area contributed by atoms with E-state index >= 15 is 0 Å². The Morgan fingerprint density at radius 1 is 0.348 bits per heavy atom. The Morgan fingerprint density at radius 3 is 1.61 bits per heavy atom. The lowest BCUT2D eigenvalue weighted by Crippen LogP contribution is -2.11. The molecule has 0 aliphatic carbocycles. The summed E-state index contributed by atoms with van der Waals surface area (Å²) in [5.74, 6) is 0. The van der Waals surface area contributed by atoms with E-state index < -0.39 is 0 Å². The fraction of sp³-hybridized carbons (Fsp3) is 0. The molecule has 8 aromatic carbocycles. The molecule has 0 bridgehead atoms. The highest BCUT2D eigenvalue weighted by molar-refractivity contribution is 6.10. The number of aromatic nitrogens is 1. The molecule has 9 aromatic rings. The molecule has 0 aliphatic rings. The molecule has 0 fully saturated rings. The number of benzene rings is 8. The first-order valence-electron chi connectivity index (χ1n) is 15.8. The summed E-state index contributed by atoms with van der Waals surface area (Å²) < 4.78 is 2.39. The molecule has 1 aromatic heterocycles. The van der Waals surface area contributed by atoms with Gasteiger partial charge in [0.05, 0.1) is 22.4 Å². The third-order valence-corrected chi connectivity index (χ3v) is 9.14. The van der Waals surface area contributed by atoms with Crippen LogP contribution in [0.25, 0.3) is 60.2 Å². The molecule has 2 nitrogen and oxygen atoms in total. The van der Waals surface area contributed by atoms with Gasteiger partial charge >= 0.3 is 0 Å². The lowest BCUT2D eigenvalue weighted by molar-refractivity contribution is 1.18. The fourth-order valence-corrected chi connectivity index (χ4v) is 7.04. The van der Waals surface area contributed by atoms with Gasteiger partial charge in [0.1, 0.15) is 0 Å². The van der Waals surface area contributed by atoms with E-state index in [1.54, 1.807) is 0 Å². The monoisotopic (exact) mass is 586 g/mol. The van der Waals surface area contributed by atoms with Gasteiger partial charge < -0.3 is 9.47 Å². The van der Waals surface area contributed by atoms with E-state index in [1.807, 2.05) is 0 Å². The molecular weight excluding hydrogens is 556 g/mol. The second-order valence-corrected chi connectivity index (χ2v) is 11.8. The zero-order valence-electron chi connectivity index (χ0n) is 25.2. The Kier molecular flexibility index (Phi) is 6.17. The summed E-state index contributed by atoms with van der Waals surface area (Å²) in [5.41, 5.74) is 9.38. The molecule has 1 heterocycles. The molecule has 0 saturated carbocycles. The van der Waals surface area contributed by atoms with Gasteiger partial charge in [0, 0.05) is 32.9 Å². The standard InChI is InChI=1S/C44H30N2/c1-2-18-35(19-3-1)45-43-24-9-8-23-39(43)40-28-27-34(30-44(40)45)33-17-10-20-36(29-33)46(41-25-11-15-31-13-4-6-21-37(31)41)42-26-12-16-32-14-5-7-22-38(32)42/h1-30H. The number of anilines is 3. The first-order chi connectivity index (χ1) is 22.8. The maximum atomic E-state index is 2.42. The summed E-state index contributed by atoms with van der Waals surface area (Å²) in [5, 5.41) is 7.41. The third kappa shape index (κ3) is 4.27.